The Labute approximate surface area is 94.4 Å². The molecular formula is C9H17O6P. The molecule has 0 aliphatic carbocycles. The average Bonchev–Trinajstić information content (AvgIpc) is 2.54. The summed E-state index contributed by atoms with van der Waals surface area (Å²) in [5, 5.41) is 0. The van der Waals surface area contributed by atoms with Crippen LogP contribution in [-0.4, -0.2) is 55.8 Å². The van der Waals surface area contributed by atoms with Crippen molar-refractivity contribution in [2.45, 2.75) is 30.8 Å². The monoisotopic (exact) mass is 252 g/mol. The minimum absolute atomic E-state index is 0.152. The summed E-state index contributed by atoms with van der Waals surface area (Å²) >= 11 is 0. The molecule has 0 aromatic rings. The van der Waals surface area contributed by atoms with E-state index in [4.69, 9.17) is 18.7 Å². The first kappa shape index (κ1) is 12.5. The summed E-state index contributed by atoms with van der Waals surface area (Å²) < 4.78 is 32.9. The Hall–Kier alpha value is 0.0300. The van der Waals surface area contributed by atoms with E-state index in [1.807, 2.05) is 6.92 Å². The Morgan fingerprint density at radius 1 is 1.62 bits per heavy atom. The van der Waals surface area contributed by atoms with Gasteiger partial charge in [-0.3, -0.25) is 9.09 Å². The third kappa shape index (κ3) is 2.06. The number of hydrogen-bond acceptors (Lipinski definition) is 5. The second-order valence-corrected chi connectivity index (χ2v) is 6.24. The quantitative estimate of drug-likeness (QED) is 0.729. The van der Waals surface area contributed by atoms with Gasteiger partial charge in [-0.15, -0.1) is 0 Å². The summed E-state index contributed by atoms with van der Waals surface area (Å²) in [6, 6.07) is 0. The van der Waals surface area contributed by atoms with E-state index < -0.39 is 19.3 Å². The maximum absolute atomic E-state index is 11.3. The summed E-state index contributed by atoms with van der Waals surface area (Å²) in [5.74, 6) is 0. The fraction of sp³-hybridized carbons (Fsp3) is 1.00. The van der Waals surface area contributed by atoms with Crippen LogP contribution in [0.4, 0.5) is 0 Å². The van der Waals surface area contributed by atoms with E-state index >= 15 is 0 Å². The summed E-state index contributed by atoms with van der Waals surface area (Å²) in [7, 11) is -2.01. The molecule has 0 aromatic heterocycles. The standard InChI is InChI=1S/C9H17O6P/c1-6-7-8(15-16(3,10)11)9(14-6,4-12-2)5-13-7/h6-8H,4-5H2,1-3H3,(H,10,11)/t6-,7+,8?,9-/m0/s1. The zero-order chi connectivity index (χ0) is 12.0. The predicted molar refractivity (Wildman–Crippen MR) is 55.5 cm³/mol. The van der Waals surface area contributed by atoms with Gasteiger partial charge in [-0.2, -0.15) is 0 Å². The lowest BCUT2D eigenvalue weighted by Gasteiger charge is -2.29. The van der Waals surface area contributed by atoms with Crippen molar-refractivity contribution in [3.05, 3.63) is 0 Å². The Balaban J connectivity index is 2.19. The van der Waals surface area contributed by atoms with Crippen LogP contribution in [-0.2, 0) is 23.3 Å². The lowest BCUT2D eigenvalue weighted by Crippen LogP contribution is -2.45. The molecule has 0 spiro atoms. The molecule has 7 heteroatoms. The molecule has 94 valence electrons. The number of hydrogen-bond donors (Lipinski definition) is 1. The van der Waals surface area contributed by atoms with Gasteiger partial charge >= 0.3 is 7.60 Å². The van der Waals surface area contributed by atoms with Gasteiger partial charge in [0.05, 0.1) is 19.3 Å². The van der Waals surface area contributed by atoms with Crippen LogP contribution < -0.4 is 0 Å². The second-order valence-electron chi connectivity index (χ2n) is 4.43. The topological polar surface area (TPSA) is 74.2 Å². The normalized spacial score (nSPS) is 45.9. The molecule has 2 rings (SSSR count). The Morgan fingerprint density at radius 3 is 2.81 bits per heavy atom. The first-order valence-electron chi connectivity index (χ1n) is 5.15. The summed E-state index contributed by atoms with van der Waals surface area (Å²) in [5.41, 5.74) is -0.743. The molecule has 0 saturated carbocycles. The molecule has 2 aliphatic heterocycles. The first-order chi connectivity index (χ1) is 7.38. The maximum Gasteiger partial charge on any atom is 0.325 e. The molecule has 0 amide bonds. The summed E-state index contributed by atoms with van der Waals surface area (Å²) in [4.78, 5) is 9.29. The van der Waals surface area contributed by atoms with Crippen LogP contribution in [0, 0.1) is 0 Å². The van der Waals surface area contributed by atoms with Crippen molar-refractivity contribution in [2.75, 3.05) is 27.0 Å². The van der Waals surface area contributed by atoms with E-state index in [0.29, 0.717) is 13.2 Å². The van der Waals surface area contributed by atoms with Gasteiger partial charge in [-0.05, 0) is 6.92 Å². The van der Waals surface area contributed by atoms with Crippen molar-refractivity contribution in [2.24, 2.45) is 0 Å². The van der Waals surface area contributed by atoms with Gasteiger partial charge in [0.1, 0.15) is 17.8 Å². The SMILES string of the molecule is COC[C@]12CO[C@@H](C1OP(C)(=O)O)[C@H](C)O2. The second kappa shape index (κ2) is 4.05. The molecule has 2 fully saturated rings. The molecular weight excluding hydrogens is 235 g/mol. The van der Waals surface area contributed by atoms with Crippen molar-refractivity contribution in [1.82, 2.24) is 0 Å². The van der Waals surface area contributed by atoms with Crippen molar-refractivity contribution < 1.29 is 28.2 Å². The van der Waals surface area contributed by atoms with E-state index in [9.17, 15) is 9.46 Å². The highest BCUT2D eigenvalue weighted by atomic mass is 31.2. The molecule has 2 saturated heterocycles. The number of fused-ring (bicyclic) bond motifs is 2. The highest BCUT2D eigenvalue weighted by Gasteiger charge is 2.62. The third-order valence-corrected chi connectivity index (χ3v) is 3.54. The average molecular weight is 252 g/mol. The zero-order valence-electron chi connectivity index (χ0n) is 9.58. The van der Waals surface area contributed by atoms with Crippen molar-refractivity contribution >= 4 is 7.60 Å². The van der Waals surface area contributed by atoms with Crippen LogP contribution in [0.25, 0.3) is 0 Å². The Bertz CT molecular complexity index is 315. The third-order valence-electron chi connectivity index (χ3n) is 2.92. The lowest BCUT2D eigenvalue weighted by atomic mass is 10.00. The smallest absolute Gasteiger partial charge is 0.325 e. The molecule has 1 N–H and O–H groups in total. The molecule has 2 aliphatic rings. The minimum atomic E-state index is -3.56. The largest absolute Gasteiger partial charge is 0.381 e. The van der Waals surface area contributed by atoms with E-state index in [-0.39, 0.29) is 12.2 Å². The highest BCUT2D eigenvalue weighted by molar-refractivity contribution is 7.51. The van der Waals surface area contributed by atoms with Crippen LogP contribution in [0.1, 0.15) is 6.92 Å². The van der Waals surface area contributed by atoms with Crippen LogP contribution >= 0.6 is 7.60 Å². The minimum Gasteiger partial charge on any atom is -0.381 e. The maximum atomic E-state index is 11.3. The number of rotatable bonds is 4. The van der Waals surface area contributed by atoms with Crippen LogP contribution in [0.5, 0.6) is 0 Å². The fourth-order valence-corrected chi connectivity index (χ4v) is 3.13. The Kier molecular flexibility index (Phi) is 3.16. The molecule has 0 radical (unpaired) electrons. The van der Waals surface area contributed by atoms with E-state index in [1.54, 1.807) is 7.11 Å². The van der Waals surface area contributed by atoms with Crippen molar-refractivity contribution in [1.29, 1.82) is 0 Å². The molecule has 2 unspecified atom stereocenters. The molecule has 2 heterocycles. The number of ether oxygens (including phenoxy) is 3. The summed E-state index contributed by atoms with van der Waals surface area (Å²) in [6.07, 6.45) is -0.987. The zero-order valence-corrected chi connectivity index (χ0v) is 10.5. The van der Waals surface area contributed by atoms with Crippen LogP contribution in [0.3, 0.4) is 0 Å². The van der Waals surface area contributed by atoms with Gasteiger partial charge < -0.3 is 19.1 Å². The summed E-state index contributed by atoms with van der Waals surface area (Å²) in [6.45, 7) is 3.64. The van der Waals surface area contributed by atoms with E-state index in [0.717, 1.165) is 6.66 Å². The fourth-order valence-electron chi connectivity index (χ4n) is 2.40. The van der Waals surface area contributed by atoms with Gasteiger partial charge in [-0.25, -0.2) is 0 Å². The molecule has 16 heavy (non-hydrogen) atoms. The van der Waals surface area contributed by atoms with Crippen LogP contribution in [0.2, 0.25) is 0 Å². The van der Waals surface area contributed by atoms with Gasteiger partial charge in [0, 0.05) is 13.8 Å². The first-order valence-corrected chi connectivity index (χ1v) is 7.17. The van der Waals surface area contributed by atoms with Crippen LogP contribution in [0.15, 0.2) is 0 Å². The lowest BCUT2D eigenvalue weighted by molar-refractivity contribution is -0.158. The van der Waals surface area contributed by atoms with E-state index in [2.05, 4.69) is 0 Å². The van der Waals surface area contributed by atoms with E-state index in [1.165, 1.54) is 0 Å². The van der Waals surface area contributed by atoms with Gasteiger partial charge in [0.15, 0.2) is 0 Å². The van der Waals surface area contributed by atoms with Gasteiger partial charge in [-0.1, -0.05) is 0 Å². The Morgan fingerprint density at radius 2 is 2.31 bits per heavy atom. The van der Waals surface area contributed by atoms with Crippen molar-refractivity contribution in [3.63, 3.8) is 0 Å². The van der Waals surface area contributed by atoms with Gasteiger partial charge in [0.2, 0.25) is 0 Å². The molecule has 6 nitrogen and oxygen atoms in total. The highest BCUT2D eigenvalue weighted by Crippen LogP contribution is 2.49. The van der Waals surface area contributed by atoms with Gasteiger partial charge in [0.25, 0.3) is 0 Å². The van der Waals surface area contributed by atoms with Crippen molar-refractivity contribution in [3.8, 4) is 0 Å². The molecule has 2 bridgehead atoms. The molecule has 0 aromatic carbocycles. The predicted octanol–water partition coefficient (Wildman–Crippen LogP) is 0.390. The number of methoxy groups -OCH3 is 1. The molecule has 5 atom stereocenters.